The number of thioether (sulfide) groups is 1. The molecule has 0 amide bonds. The molecule has 0 aliphatic carbocycles. The van der Waals surface area contributed by atoms with Crippen molar-refractivity contribution < 1.29 is 9.53 Å². The summed E-state index contributed by atoms with van der Waals surface area (Å²) in [6, 6.07) is 8.23. The molecule has 1 aromatic carbocycles. The number of methoxy groups -OCH3 is 1. The summed E-state index contributed by atoms with van der Waals surface area (Å²) >= 11 is 1.74. The smallest absolute Gasteiger partial charge is 0.309 e. The van der Waals surface area contributed by atoms with Crippen LogP contribution in [0.3, 0.4) is 0 Å². The number of carbonyl (C=O) groups is 1. The first-order chi connectivity index (χ1) is 6.81. The van der Waals surface area contributed by atoms with Gasteiger partial charge >= 0.3 is 5.97 Å². The lowest BCUT2D eigenvalue weighted by Crippen LogP contribution is -2.23. The Bertz CT molecular complexity index is 349. The van der Waals surface area contributed by atoms with Crippen molar-refractivity contribution >= 4 is 17.7 Å². The summed E-state index contributed by atoms with van der Waals surface area (Å²) in [6.07, 6.45) is 0.815. The van der Waals surface area contributed by atoms with Gasteiger partial charge in [-0.05, 0) is 18.1 Å². The molecule has 0 bridgehead atoms. The van der Waals surface area contributed by atoms with Gasteiger partial charge in [-0.1, -0.05) is 18.2 Å². The van der Waals surface area contributed by atoms with Crippen LogP contribution in [0, 0.1) is 5.92 Å². The van der Waals surface area contributed by atoms with Crippen molar-refractivity contribution in [3.05, 3.63) is 29.8 Å². The third kappa shape index (κ3) is 1.77. The molecule has 14 heavy (non-hydrogen) atoms. The molecule has 2 nitrogen and oxygen atoms in total. The topological polar surface area (TPSA) is 26.3 Å². The van der Waals surface area contributed by atoms with Gasteiger partial charge in [-0.3, -0.25) is 4.79 Å². The van der Waals surface area contributed by atoms with Gasteiger partial charge in [0.25, 0.3) is 0 Å². The lowest BCUT2D eigenvalue weighted by molar-refractivity contribution is -0.144. The van der Waals surface area contributed by atoms with Crippen LogP contribution in [0.2, 0.25) is 0 Å². The Morgan fingerprint density at radius 3 is 3.07 bits per heavy atom. The number of carbonyl (C=O) groups excluding carboxylic acids is 1. The summed E-state index contributed by atoms with van der Waals surface area (Å²) in [5.74, 6) is 0.774. The first kappa shape index (κ1) is 9.59. The van der Waals surface area contributed by atoms with Crippen LogP contribution in [-0.4, -0.2) is 18.8 Å². The zero-order chi connectivity index (χ0) is 9.97. The molecule has 1 aromatic rings. The highest BCUT2D eigenvalue weighted by Gasteiger charge is 2.25. The molecule has 3 heteroatoms. The summed E-state index contributed by atoms with van der Waals surface area (Å²) in [6.45, 7) is 0. The van der Waals surface area contributed by atoms with E-state index in [1.54, 1.807) is 11.8 Å². The fourth-order valence-corrected chi connectivity index (χ4v) is 2.79. The van der Waals surface area contributed by atoms with Crippen molar-refractivity contribution in [2.75, 3.05) is 12.9 Å². The van der Waals surface area contributed by atoms with Gasteiger partial charge in [-0.15, -0.1) is 11.8 Å². The highest BCUT2D eigenvalue weighted by atomic mass is 32.2. The number of hydrogen-bond acceptors (Lipinski definition) is 3. The van der Waals surface area contributed by atoms with Crippen LogP contribution in [0.25, 0.3) is 0 Å². The lowest BCUT2D eigenvalue weighted by Gasteiger charge is -2.21. The molecule has 0 fully saturated rings. The molecule has 0 saturated heterocycles. The summed E-state index contributed by atoms with van der Waals surface area (Å²) in [7, 11) is 1.45. The van der Waals surface area contributed by atoms with Crippen molar-refractivity contribution in [3.63, 3.8) is 0 Å². The van der Waals surface area contributed by atoms with Crippen molar-refractivity contribution in [2.45, 2.75) is 11.3 Å². The molecular formula is C11H12O2S. The minimum atomic E-state index is -0.0907. The lowest BCUT2D eigenvalue weighted by atomic mass is 10.0. The van der Waals surface area contributed by atoms with Crippen LogP contribution in [0.4, 0.5) is 0 Å². The maximum atomic E-state index is 11.3. The van der Waals surface area contributed by atoms with Crippen LogP contribution in [0.15, 0.2) is 29.2 Å². The Balaban J connectivity index is 2.17. The van der Waals surface area contributed by atoms with E-state index in [2.05, 4.69) is 12.1 Å². The van der Waals surface area contributed by atoms with Gasteiger partial charge in [0.15, 0.2) is 0 Å². The maximum Gasteiger partial charge on any atom is 0.309 e. The van der Waals surface area contributed by atoms with Gasteiger partial charge in [0, 0.05) is 10.6 Å². The highest BCUT2D eigenvalue weighted by molar-refractivity contribution is 7.99. The Kier molecular flexibility index (Phi) is 2.77. The van der Waals surface area contributed by atoms with Crippen LogP contribution < -0.4 is 0 Å². The molecule has 0 radical (unpaired) electrons. The van der Waals surface area contributed by atoms with Gasteiger partial charge in [-0.2, -0.15) is 0 Å². The van der Waals surface area contributed by atoms with Gasteiger partial charge in [-0.25, -0.2) is 0 Å². The second kappa shape index (κ2) is 4.05. The quantitative estimate of drug-likeness (QED) is 0.661. The standard InChI is InChI=1S/C11H12O2S/c1-13-11(12)9-6-8-4-2-3-5-10(8)14-7-9/h2-5,9H,6-7H2,1H3. The van der Waals surface area contributed by atoms with Gasteiger partial charge < -0.3 is 4.74 Å². The second-order valence-electron chi connectivity index (χ2n) is 3.34. The van der Waals surface area contributed by atoms with Crippen LogP contribution in [0.5, 0.6) is 0 Å². The molecule has 1 unspecified atom stereocenters. The molecule has 0 spiro atoms. The van der Waals surface area contributed by atoms with E-state index in [1.807, 2.05) is 12.1 Å². The molecule has 2 rings (SSSR count). The molecule has 1 heterocycles. The van der Waals surface area contributed by atoms with Crippen molar-refractivity contribution in [1.82, 2.24) is 0 Å². The van der Waals surface area contributed by atoms with Crippen molar-refractivity contribution in [3.8, 4) is 0 Å². The highest BCUT2D eigenvalue weighted by Crippen LogP contribution is 2.32. The van der Waals surface area contributed by atoms with Gasteiger partial charge in [0.05, 0.1) is 13.0 Å². The molecule has 1 aliphatic rings. The molecule has 0 saturated carbocycles. The first-order valence-electron chi connectivity index (χ1n) is 4.60. The monoisotopic (exact) mass is 208 g/mol. The van der Waals surface area contributed by atoms with Gasteiger partial charge in [0.1, 0.15) is 0 Å². The third-order valence-electron chi connectivity index (χ3n) is 2.41. The SMILES string of the molecule is COC(=O)C1CSc2ccccc2C1. The predicted octanol–water partition coefficient (Wildman–Crippen LogP) is 2.12. The largest absolute Gasteiger partial charge is 0.469 e. The van der Waals surface area contributed by atoms with E-state index in [-0.39, 0.29) is 11.9 Å². The molecule has 0 aromatic heterocycles. The molecular weight excluding hydrogens is 196 g/mol. The Hall–Kier alpha value is -0.960. The predicted molar refractivity (Wildman–Crippen MR) is 56.4 cm³/mol. The van der Waals surface area contributed by atoms with E-state index in [0.717, 1.165) is 12.2 Å². The Labute approximate surface area is 87.6 Å². The minimum absolute atomic E-state index is 0.0277. The van der Waals surface area contributed by atoms with E-state index in [4.69, 9.17) is 4.74 Å². The van der Waals surface area contributed by atoms with Crippen LogP contribution in [0.1, 0.15) is 5.56 Å². The maximum absolute atomic E-state index is 11.3. The summed E-state index contributed by atoms with van der Waals surface area (Å²) in [5, 5.41) is 0. The number of esters is 1. The summed E-state index contributed by atoms with van der Waals surface area (Å²) in [5.41, 5.74) is 1.26. The van der Waals surface area contributed by atoms with E-state index >= 15 is 0 Å². The molecule has 1 atom stereocenters. The summed E-state index contributed by atoms with van der Waals surface area (Å²) in [4.78, 5) is 12.6. The van der Waals surface area contributed by atoms with E-state index in [1.165, 1.54) is 17.6 Å². The van der Waals surface area contributed by atoms with Gasteiger partial charge in [0.2, 0.25) is 0 Å². The van der Waals surface area contributed by atoms with Crippen LogP contribution in [-0.2, 0) is 16.0 Å². The number of benzene rings is 1. The van der Waals surface area contributed by atoms with Crippen molar-refractivity contribution in [1.29, 1.82) is 0 Å². The van der Waals surface area contributed by atoms with E-state index in [9.17, 15) is 4.79 Å². The number of ether oxygens (including phenoxy) is 1. The first-order valence-corrected chi connectivity index (χ1v) is 5.58. The third-order valence-corrected chi connectivity index (χ3v) is 3.69. The van der Waals surface area contributed by atoms with E-state index in [0.29, 0.717) is 0 Å². The second-order valence-corrected chi connectivity index (χ2v) is 4.40. The minimum Gasteiger partial charge on any atom is -0.469 e. The van der Waals surface area contributed by atoms with Crippen LogP contribution >= 0.6 is 11.8 Å². The summed E-state index contributed by atoms with van der Waals surface area (Å²) < 4.78 is 4.75. The zero-order valence-corrected chi connectivity index (χ0v) is 8.84. The Morgan fingerprint density at radius 2 is 2.29 bits per heavy atom. The molecule has 0 N–H and O–H groups in total. The van der Waals surface area contributed by atoms with E-state index < -0.39 is 0 Å². The fourth-order valence-electron chi connectivity index (χ4n) is 1.65. The van der Waals surface area contributed by atoms with Crippen molar-refractivity contribution in [2.24, 2.45) is 5.92 Å². The number of rotatable bonds is 1. The Morgan fingerprint density at radius 1 is 1.50 bits per heavy atom. The average molecular weight is 208 g/mol. The molecule has 74 valence electrons. The number of hydrogen-bond donors (Lipinski definition) is 0. The fraction of sp³-hybridized carbons (Fsp3) is 0.364. The zero-order valence-electron chi connectivity index (χ0n) is 8.03. The molecule has 1 aliphatic heterocycles. The normalized spacial score (nSPS) is 19.9. The average Bonchev–Trinajstić information content (AvgIpc) is 2.27. The number of fused-ring (bicyclic) bond motifs is 1.